The molecule has 4 aliphatic rings. The highest BCUT2D eigenvalue weighted by Crippen LogP contribution is 2.65. The number of hydrogen-bond acceptors (Lipinski definition) is 7. The molecule has 1 aromatic rings. The Morgan fingerprint density at radius 2 is 1.75 bits per heavy atom. The second kappa shape index (κ2) is 8.64. The van der Waals surface area contributed by atoms with Crippen LogP contribution in [0.3, 0.4) is 0 Å². The number of carbonyl (C=O) groups excluding carboxylic acids is 3. The highest BCUT2D eigenvalue weighted by molar-refractivity contribution is 6.24. The Hall–Kier alpha value is -3.71. The first-order valence-corrected chi connectivity index (χ1v) is 13.6. The molecule has 4 aliphatic carbocycles. The highest BCUT2D eigenvalue weighted by Gasteiger charge is 2.72. The van der Waals surface area contributed by atoms with E-state index in [1.54, 1.807) is 33.8 Å². The van der Waals surface area contributed by atoms with Crippen molar-refractivity contribution in [3.63, 3.8) is 0 Å². The number of phenolic OH excluding ortho intramolecular Hbond substituents is 1. The fraction of sp³-hybridized carbons (Fsp3) is 0.424. The smallest absolute Gasteiger partial charge is 0.203 e. The molecule has 0 radical (unpaired) electrons. The van der Waals surface area contributed by atoms with Gasteiger partial charge in [-0.25, -0.2) is 0 Å². The summed E-state index contributed by atoms with van der Waals surface area (Å²) in [6.45, 7) is 14.0. The van der Waals surface area contributed by atoms with Crippen LogP contribution < -0.4 is 0 Å². The van der Waals surface area contributed by atoms with E-state index in [0.29, 0.717) is 17.5 Å². The summed E-state index contributed by atoms with van der Waals surface area (Å²) in [6, 6.07) is 3.63. The number of allylic oxidation sites excluding steroid dienone is 6. The van der Waals surface area contributed by atoms with Gasteiger partial charge in [0, 0.05) is 27.9 Å². The summed E-state index contributed by atoms with van der Waals surface area (Å²) < 4.78 is 0. The third-order valence-electron chi connectivity index (χ3n) is 9.59. The third-order valence-corrected chi connectivity index (χ3v) is 9.59. The number of carbonyl (C=O) groups is 3. The minimum atomic E-state index is -2.62. The molecule has 1 aromatic carbocycles. The Kier molecular flexibility index (Phi) is 6.02. The van der Waals surface area contributed by atoms with Gasteiger partial charge in [-0.3, -0.25) is 14.4 Å². The average Bonchev–Trinajstić information content (AvgIpc) is 3.31. The number of rotatable bonds is 4. The third kappa shape index (κ3) is 3.30. The van der Waals surface area contributed by atoms with E-state index < -0.39 is 56.8 Å². The van der Waals surface area contributed by atoms with Crippen LogP contribution in [0.1, 0.15) is 71.1 Å². The van der Waals surface area contributed by atoms with Gasteiger partial charge >= 0.3 is 0 Å². The highest BCUT2D eigenvalue weighted by atomic mass is 16.3. The second-order valence-electron chi connectivity index (χ2n) is 12.7. The van der Waals surface area contributed by atoms with Crippen LogP contribution in [0, 0.1) is 22.7 Å². The number of fused-ring (bicyclic) bond motifs is 3. The lowest BCUT2D eigenvalue weighted by Gasteiger charge is -2.59. The van der Waals surface area contributed by atoms with E-state index >= 15 is 0 Å². The topological polar surface area (TPSA) is 132 Å². The van der Waals surface area contributed by atoms with Gasteiger partial charge in [0.05, 0.1) is 5.56 Å². The van der Waals surface area contributed by atoms with Crippen molar-refractivity contribution in [3.8, 4) is 5.75 Å². The Morgan fingerprint density at radius 1 is 1.10 bits per heavy atom. The summed E-state index contributed by atoms with van der Waals surface area (Å²) in [5.41, 5.74) is -2.01. The molecular formula is C33H36O7. The van der Waals surface area contributed by atoms with Crippen molar-refractivity contribution < 1.29 is 34.8 Å². The van der Waals surface area contributed by atoms with Crippen LogP contribution in [-0.4, -0.2) is 43.4 Å². The summed E-state index contributed by atoms with van der Waals surface area (Å²) in [6.07, 6.45) is 4.79. The first-order chi connectivity index (χ1) is 18.5. The SMILES string of the molecule is C=C(C)C1=C(c2ccc3c(c2O)C(O)=C2C(=O)[C@@]4(O)C(O)=C(C(C)=O)C(=O)C(C(C)C)[C@@]4(C)C[C@@]2(C)C3)CC=C1. The first-order valence-electron chi connectivity index (χ1n) is 13.6. The molecule has 7 heteroatoms. The summed E-state index contributed by atoms with van der Waals surface area (Å²) in [7, 11) is 0. The van der Waals surface area contributed by atoms with Crippen molar-refractivity contribution >= 4 is 28.7 Å². The molecule has 7 nitrogen and oxygen atoms in total. The summed E-state index contributed by atoms with van der Waals surface area (Å²) in [4.78, 5) is 40.5. The van der Waals surface area contributed by atoms with Crippen molar-refractivity contribution in [2.45, 2.75) is 66.4 Å². The Morgan fingerprint density at radius 3 is 2.33 bits per heavy atom. The van der Waals surface area contributed by atoms with Gasteiger partial charge in [0.1, 0.15) is 22.8 Å². The van der Waals surface area contributed by atoms with Crippen molar-refractivity contribution in [2.24, 2.45) is 22.7 Å². The Balaban J connectivity index is 1.78. The predicted octanol–water partition coefficient (Wildman–Crippen LogP) is 5.48. The zero-order chi connectivity index (χ0) is 29.7. The molecule has 4 atom stereocenters. The van der Waals surface area contributed by atoms with Crippen LogP contribution in [0.2, 0.25) is 0 Å². The number of Topliss-reactive ketones (excluding diaryl/α,β-unsaturated/α-hetero) is 3. The quantitative estimate of drug-likeness (QED) is 0.369. The van der Waals surface area contributed by atoms with Crippen molar-refractivity contribution in [2.75, 3.05) is 0 Å². The van der Waals surface area contributed by atoms with Crippen LogP contribution in [0.25, 0.3) is 11.3 Å². The van der Waals surface area contributed by atoms with Crippen LogP contribution in [0.15, 0.2) is 58.9 Å². The fourth-order valence-corrected chi connectivity index (χ4v) is 8.11. The maximum Gasteiger partial charge on any atom is 0.203 e. The van der Waals surface area contributed by atoms with E-state index in [1.165, 1.54) is 0 Å². The molecule has 210 valence electrons. The zero-order valence-corrected chi connectivity index (χ0v) is 23.8. The lowest BCUT2D eigenvalue weighted by molar-refractivity contribution is -0.178. The van der Waals surface area contributed by atoms with E-state index in [0.717, 1.165) is 23.6 Å². The fourth-order valence-electron chi connectivity index (χ4n) is 8.11. The number of aliphatic hydroxyl groups excluding tert-OH is 2. The van der Waals surface area contributed by atoms with Crippen LogP contribution >= 0.6 is 0 Å². The molecule has 5 rings (SSSR count). The molecule has 0 spiro atoms. The minimum absolute atomic E-state index is 0.0717. The number of hydrogen-bond donors (Lipinski definition) is 4. The molecule has 0 heterocycles. The molecule has 1 fully saturated rings. The minimum Gasteiger partial charge on any atom is -0.508 e. The maximum atomic E-state index is 14.4. The van der Waals surface area contributed by atoms with E-state index in [1.807, 2.05) is 25.1 Å². The van der Waals surface area contributed by atoms with E-state index in [-0.39, 0.29) is 35.6 Å². The monoisotopic (exact) mass is 544 g/mol. The average molecular weight is 545 g/mol. The van der Waals surface area contributed by atoms with E-state index in [2.05, 4.69) is 6.58 Å². The molecule has 0 bridgehead atoms. The standard InChI is InChI=1S/C33H36O7/c1-15(2)19-9-8-10-20(19)21-12-11-18-13-31(6)14-32(7)24(16(3)4)27(36)22(17(5)34)29(38)33(32,40)30(39)25(31)28(37)23(18)26(21)35/h8-9,11-12,16,24,35,37-38,40H,1,10,13-14H2,2-7H3/t24?,31-,32-,33+/m1/s1. The molecule has 0 aliphatic heterocycles. The van der Waals surface area contributed by atoms with E-state index in [4.69, 9.17) is 0 Å². The molecular weight excluding hydrogens is 508 g/mol. The number of ketones is 3. The van der Waals surface area contributed by atoms with Gasteiger partial charge in [0.15, 0.2) is 17.2 Å². The van der Waals surface area contributed by atoms with Crippen molar-refractivity contribution in [1.82, 2.24) is 0 Å². The van der Waals surface area contributed by atoms with Gasteiger partial charge in [0.2, 0.25) is 5.78 Å². The van der Waals surface area contributed by atoms with Crippen LogP contribution in [-0.2, 0) is 20.8 Å². The first kappa shape index (κ1) is 27.8. The number of benzene rings is 1. The molecule has 0 amide bonds. The van der Waals surface area contributed by atoms with Crippen LogP contribution in [0.5, 0.6) is 5.75 Å². The van der Waals surface area contributed by atoms with Crippen LogP contribution in [0.4, 0.5) is 0 Å². The summed E-state index contributed by atoms with van der Waals surface area (Å²) in [5.74, 6) is -5.21. The molecule has 0 aromatic heterocycles. The molecule has 1 saturated carbocycles. The summed E-state index contributed by atoms with van der Waals surface area (Å²) in [5, 5.41) is 46.6. The Labute approximate surface area is 233 Å². The molecule has 1 unspecified atom stereocenters. The lowest BCUT2D eigenvalue weighted by atomic mass is 9.43. The van der Waals surface area contributed by atoms with Gasteiger partial charge in [-0.15, -0.1) is 0 Å². The lowest BCUT2D eigenvalue weighted by Crippen LogP contribution is -2.69. The number of phenols is 1. The largest absolute Gasteiger partial charge is 0.508 e. The normalized spacial score (nSPS) is 31.6. The zero-order valence-electron chi connectivity index (χ0n) is 23.8. The molecule has 4 N–H and O–H groups in total. The van der Waals surface area contributed by atoms with Gasteiger partial charge < -0.3 is 20.4 Å². The van der Waals surface area contributed by atoms with Gasteiger partial charge in [-0.1, -0.05) is 64.1 Å². The molecule has 0 saturated heterocycles. The number of aromatic hydroxyl groups is 1. The Bertz CT molecular complexity index is 1560. The van der Waals surface area contributed by atoms with Crippen molar-refractivity contribution in [3.05, 3.63) is 75.6 Å². The van der Waals surface area contributed by atoms with Gasteiger partial charge in [-0.05, 0) is 55.7 Å². The van der Waals surface area contributed by atoms with Gasteiger partial charge in [-0.2, -0.15) is 0 Å². The second-order valence-corrected chi connectivity index (χ2v) is 12.7. The van der Waals surface area contributed by atoms with Crippen molar-refractivity contribution in [1.29, 1.82) is 0 Å². The molecule has 40 heavy (non-hydrogen) atoms. The summed E-state index contributed by atoms with van der Waals surface area (Å²) >= 11 is 0. The van der Waals surface area contributed by atoms with E-state index in [9.17, 15) is 34.8 Å². The van der Waals surface area contributed by atoms with Gasteiger partial charge in [0.25, 0.3) is 0 Å². The maximum absolute atomic E-state index is 14.4. The predicted molar refractivity (Wildman–Crippen MR) is 151 cm³/mol. The number of aliphatic hydroxyl groups is 3.